The monoisotopic (exact) mass is 358 g/mol. The molecule has 1 N–H and O–H groups in total. The summed E-state index contributed by atoms with van der Waals surface area (Å²) in [6.07, 6.45) is 0.972. The number of carbonyl (C=O) groups excluding carboxylic acids is 1. The molecule has 1 aromatic heterocycles. The van der Waals surface area contributed by atoms with Crippen molar-refractivity contribution in [3.05, 3.63) is 63.6 Å². The molecule has 0 aliphatic rings. The summed E-state index contributed by atoms with van der Waals surface area (Å²) in [6, 6.07) is 12.6. The molecule has 0 saturated carbocycles. The van der Waals surface area contributed by atoms with Crippen LogP contribution < -0.4 is 11.1 Å². The van der Waals surface area contributed by atoms with Crippen molar-refractivity contribution < 1.29 is 9.21 Å². The van der Waals surface area contributed by atoms with Crippen LogP contribution in [0.1, 0.15) is 31.7 Å². The van der Waals surface area contributed by atoms with E-state index < -0.39 is 5.76 Å². The number of carbonyl (C=O) groups is 1. The fourth-order valence-corrected chi connectivity index (χ4v) is 2.95. The Morgan fingerprint density at radius 1 is 1.28 bits per heavy atom. The molecule has 1 amide bonds. The van der Waals surface area contributed by atoms with Gasteiger partial charge in [0.1, 0.15) is 6.54 Å². The first kappa shape index (κ1) is 17.3. The number of hydrogen-bond donors (Lipinski definition) is 1. The highest BCUT2D eigenvalue weighted by molar-refractivity contribution is 6.31. The van der Waals surface area contributed by atoms with Crippen LogP contribution in [-0.2, 0) is 11.3 Å². The SMILES string of the molecule is CC[C@@H](C)c1ccccc1NC(=O)Cn1c(=O)oc2cc(Cl)ccc21. The number of benzene rings is 2. The van der Waals surface area contributed by atoms with Gasteiger partial charge < -0.3 is 9.73 Å². The fraction of sp³-hybridized carbons (Fsp3) is 0.263. The van der Waals surface area contributed by atoms with Crippen LogP contribution in [0.5, 0.6) is 0 Å². The van der Waals surface area contributed by atoms with E-state index in [9.17, 15) is 9.59 Å². The zero-order chi connectivity index (χ0) is 18.0. The highest BCUT2D eigenvalue weighted by atomic mass is 35.5. The Morgan fingerprint density at radius 2 is 2.04 bits per heavy atom. The Kier molecular flexibility index (Phi) is 4.95. The van der Waals surface area contributed by atoms with Crippen LogP contribution in [0.2, 0.25) is 5.02 Å². The quantitative estimate of drug-likeness (QED) is 0.735. The summed E-state index contributed by atoms with van der Waals surface area (Å²) in [5.41, 5.74) is 2.75. The first-order chi connectivity index (χ1) is 12.0. The number of hydrogen-bond acceptors (Lipinski definition) is 3. The fourth-order valence-electron chi connectivity index (χ4n) is 2.78. The maximum atomic E-state index is 12.5. The van der Waals surface area contributed by atoms with Crippen LogP contribution in [0.25, 0.3) is 11.1 Å². The summed E-state index contributed by atoms with van der Waals surface area (Å²) < 4.78 is 6.45. The predicted octanol–water partition coefficient (Wildman–Crippen LogP) is 4.40. The number of nitrogens with one attached hydrogen (secondary N) is 1. The first-order valence-corrected chi connectivity index (χ1v) is 8.55. The highest BCUT2D eigenvalue weighted by Crippen LogP contribution is 2.26. The van der Waals surface area contributed by atoms with Crippen LogP contribution in [0.15, 0.2) is 51.7 Å². The van der Waals surface area contributed by atoms with Crippen molar-refractivity contribution in [2.24, 2.45) is 0 Å². The lowest BCUT2D eigenvalue weighted by atomic mass is 9.97. The van der Waals surface area contributed by atoms with E-state index in [1.165, 1.54) is 4.57 Å². The van der Waals surface area contributed by atoms with Crippen LogP contribution in [0, 0.1) is 0 Å². The molecule has 0 fully saturated rings. The zero-order valence-corrected chi connectivity index (χ0v) is 14.8. The van der Waals surface area contributed by atoms with Gasteiger partial charge in [0.05, 0.1) is 5.52 Å². The number of rotatable bonds is 5. The van der Waals surface area contributed by atoms with E-state index in [1.807, 2.05) is 24.3 Å². The molecule has 6 heteroatoms. The molecule has 0 unspecified atom stereocenters. The molecule has 25 heavy (non-hydrogen) atoms. The second-order valence-electron chi connectivity index (χ2n) is 6.01. The molecule has 3 rings (SSSR count). The van der Waals surface area contributed by atoms with Crippen molar-refractivity contribution in [1.82, 2.24) is 4.57 Å². The van der Waals surface area contributed by atoms with E-state index in [2.05, 4.69) is 19.2 Å². The average Bonchev–Trinajstić information content (AvgIpc) is 2.89. The van der Waals surface area contributed by atoms with Gasteiger partial charge in [0.25, 0.3) is 0 Å². The van der Waals surface area contributed by atoms with Crippen LogP contribution in [-0.4, -0.2) is 10.5 Å². The normalized spacial score (nSPS) is 12.3. The number of aromatic nitrogens is 1. The second-order valence-corrected chi connectivity index (χ2v) is 6.45. The van der Waals surface area contributed by atoms with Crippen LogP contribution >= 0.6 is 11.6 Å². The predicted molar refractivity (Wildman–Crippen MR) is 99.3 cm³/mol. The summed E-state index contributed by atoms with van der Waals surface area (Å²) in [6.45, 7) is 4.09. The third-order valence-electron chi connectivity index (χ3n) is 4.31. The molecular weight excluding hydrogens is 340 g/mol. The summed E-state index contributed by atoms with van der Waals surface area (Å²) in [5.74, 6) is -0.533. The number of fused-ring (bicyclic) bond motifs is 1. The maximum Gasteiger partial charge on any atom is 0.420 e. The number of oxazole rings is 1. The highest BCUT2D eigenvalue weighted by Gasteiger charge is 2.15. The maximum absolute atomic E-state index is 12.5. The molecule has 0 aliphatic heterocycles. The second kappa shape index (κ2) is 7.15. The summed E-state index contributed by atoms with van der Waals surface area (Å²) in [7, 11) is 0. The third-order valence-corrected chi connectivity index (χ3v) is 4.55. The largest absolute Gasteiger partial charge is 0.420 e. The van der Waals surface area contributed by atoms with Gasteiger partial charge in [-0.25, -0.2) is 4.79 Å². The van der Waals surface area contributed by atoms with Crippen molar-refractivity contribution in [2.45, 2.75) is 32.7 Å². The lowest BCUT2D eigenvalue weighted by Gasteiger charge is -2.15. The number of amides is 1. The minimum absolute atomic E-state index is 0.123. The van der Waals surface area contributed by atoms with E-state index >= 15 is 0 Å². The Balaban J connectivity index is 1.85. The molecular formula is C19H19ClN2O3. The lowest BCUT2D eigenvalue weighted by molar-refractivity contribution is -0.116. The standard InChI is InChI=1S/C19H19ClN2O3/c1-3-12(2)14-6-4-5-7-15(14)21-18(23)11-22-16-9-8-13(20)10-17(16)25-19(22)24/h4-10,12H,3,11H2,1-2H3,(H,21,23)/t12-/m1/s1. The van der Waals surface area contributed by atoms with Gasteiger partial charge in [-0.05, 0) is 36.1 Å². The Morgan fingerprint density at radius 3 is 2.80 bits per heavy atom. The molecule has 0 radical (unpaired) electrons. The number of anilines is 1. The molecule has 1 heterocycles. The van der Waals surface area contributed by atoms with E-state index in [0.717, 1.165) is 17.7 Å². The topological polar surface area (TPSA) is 64.2 Å². The third kappa shape index (κ3) is 3.61. The van der Waals surface area contributed by atoms with Gasteiger partial charge in [-0.2, -0.15) is 0 Å². The van der Waals surface area contributed by atoms with Gasteiger partial charge in [0, 0.05) is 16.8 Å². The molecule has 1 atom stereocenters. The minimum atomic E-state index is -0.581. The van der Waals surface area contributed by atoms with Crippen molar-refractivity contribution in [2.75, 3.05) is 5.32 Å². The molecule has 0 spiro atoms. The lowest BCUT2D eigenvalue weighted by Crippen LogP contribution is -2.25. The molecule has 130 valence electrons. The molecule has 5 nitrogen and oxygen atoms in total. The molecule has 0 bridgehead atoms. The van der Waals surface area contributed by atoms with Gasteiger partial charge in [-0.3, -0.25) is 9.36 Å². The molecule has 3 aromatic rings. The smallest absolute Gasteiger partial charge is 0.408 e. The minimum Gasteiger partial charge on any atom is -0.408 e. The number of para-hydroxylation sites is 1. The first-order valence-electron chi connectivity index (χ1n) is 8.17. The molecule has 2 aromatic carbocycles. The van der Waals surface area contributed by atoms with E-state index in [1.54, 1.807) is 18.2 Å². The molecule has 0 saturated heterocycles. The van der Waals surface area contributed by atoms with Gasteiger partial charge >= 0.3 is 5.76 Å². The van der Waals surface area contributed by atoms with E-state index in [0.29, 0.717) is 22.0 Å². The molecule has 0 aliphatic carbocycles. The van der Waals surface area contributed by atoms with Gasteiger partial charge in [-0.1, -0.05) is 43.6 Å². The Hall–Kier alpha value is -2.53. The number of halogens is 1. The van der Waals surface area contributed by atoms with E-state index in [4.69, 9.17) is 16.0 Å². The zero-order valence-electron chi connectivity index (χ0n) is 14.1. The Labute approximate surface area is 150 Å². The summed E-state index contributed by atoms with van der Waals surface area (Å²) >= 11 is 5.90. The summed E-state index contributed by atoms with van der Waals surface area (Å²) in [4.78, 5) is 24.5. The number of nitrogens with zero attached hydrogens (tertiary/aromatic N) is 1. The van der Waals surface area contributed by atoms with Crippen molar-refractivity contribution in [3.63, 3.8) is 0 Å². The van der Waals surface area contributed by atoms with Crippen LogP contribution in [0.4, 0.5) is 5.69 Å². The Bertz CT molecular complexity index is 974. The van der Waals surface area contributed by atoms with Crippen molar-refractivity contribution >= 4 is 34.3 Å². The van der Waals surface area contributed by atoms with Gasteiger partial charge in [-0.15, -0.1) is 0 Å². The van der Waals surface area contributed by atoms with Gasteiger partial charge in [0.15, 0.2) is 5.58 Å². The van der Waals surface area contributed by atoms with Crippen molar-refractivity contribution in [1.29, 1.82) is 0 Å². The average molecular weight is 359 g/mol. The summed E-state index contributed by atoms with van der Waals surface area (Å²) in [5, 5.41) is 3.37. The van der Waals surface area contributed by atoms with Crippen LogP contribution in [0.3, 0.4) is 0 Å². The van der Waals surface area contributed by atoms with Gasteiger partial charge in [0.2, 0.25) is 5.91 Å². The van der Waals surface area contributed by atoms with E-state index in [-0.39, 0.29) is 12.5 Å². The van der Waals surface area contributed by atoms with Crippen molar-refractivity contribution in [3.8, 4) is 0 Å².